The standard InChI is InChI=1S/C15H21Cl2N/c1-15(2)6-4-3-5-14(15)18-10-11-7-12(16)9-13(17)8-11/h7-9,14,18H,3-6,10H2,1-2H3. The molecule has 1 aliphatic rings. The van der Waals surface area contributed by atoms with Crippen molar-refractivity contribution in [3.05, 3.63) is 33.8 Å². The minimum Gasteiger partial charge on any atom is -0.309 e. The third-order valence-electron chi connectivity index (χ3n) is 3.98. The largest absolute Gasteiger partial charge is 0.309 e. The highest BCUT2D eigenvalue weighted by Crippen LogP contribution is 2.35. The number of nitrogens with one attached hydrogen (secondary N) is 1. The molecule has 1 N–H and O–H groups in total. The normalized spacial score (nSPS) is 23.0. The van der Waals surface area contributed by atoms with Crippen LogP contribution < -0.4 is 5.32 Å². The molecule has 100 valence electrons. The predicted molar refractivity (Wildman–Crippen MR) is 79.3 cm³/mol. The Morgan fingerprint density at radius 2 is 1.83 bits per heavy atom. The average molecular weight is 286 g/mol. The highest BCUT2D eigenvalue weighted by molar-refractivity contribution is 6.34. The molecule has 0 bridgehead atoms. The van der Waals surface area contributed by atoms with Crippen LogP contribution in [0.2, 0.25) is 10.0 Å². The van der Waals surface area contributed by atoms with E-state index in [1.807, 2.05) is 12.1 Å². The van der Waals surface area contributed by atoms with E-state index in [4.69, 9.17) is 23.2 Å². The van der Waals surface area contributed by atoms with E-state index in [0.29, 0.717) is 21.5 Å². The number of hydrogen-bond acceptors (Lipinski definition) is 1. The molecule has 1 atom stereocenters. The molecule has 1 aliphatic carbocycles. The van der Waals surface area contributed by atoms with Crippen LogP contribution in [0.1, 0.15) is 45.1 Å². The van der Waals surface area contributed by atoms with E-state index in [9.17, 15) is 0 Å². The van der Waals surface area contributed by atoms with Crippen molar-refractivity contribution in [1.29, 1.82) is 0 Å². The van der Waals surface area contributed by atoms with E-state index >= 15 is 0 Å². The fraction of sp³-hybridized carbons (Fsp3) is 0.600. The van der Waals surface area contributed by atoms with Crippen molar-refractivity contribution in [2.24, 2.45) is 5.41 Å². The van der Waals surface area contributed by atoms with E-state index in [2.05, 4.69) is 19.2 Å². The summed E-state index contributed by atoms with van der Waals surface area (Å²) in [4.78, 5) is 0. The zero-order chi connectivity index (χ0) is 13.2. The van der Waals surface area contributed by atoms with Gasteiger partial charge in [-0.1, -0.05) is 49.9 Å². The van der Waals surface area contributed by atoms with E-state index in [0.717, 1.165) is 12.1 Å². The Kier molecular flexibility index (Phi) is 4.58. The fourth-order valence-corrected chi connectivity index (χ4v) is 3.40. The van der Waals surface area contributed by atoms with E-state index < -0.39 is 0 Å². The van der Waals surface area contributed by atoms with Crippen LogP contribution in [0.25, 0.3) is 0 Å². The van der Waals surface area contributed by atoms with Gasteiger partial charge < -0.3 is 5.32 Å². The first-order valence-electron chi connectivity index (χ1n) is 6.66. The third kappa shape index (κ3) is 3.63. The summed E-state index contributed by atoms with van der Waals surface area (Å²) in [5.41, 5.74) is 1.55. The lowest BCUT2D eigenvalue weighted by Crippen LogP contribution is -2.43. The van der Waals surface area contributed by atoms with E-state index in [1.54, 1.807) is 6.07 Å². The van der Waals surface area contributed by atoms with Gasteiger partial charge in [-0.05, 0) is 42.0 Å². The molecule has 0 spiro atoms. The molecular weight excluding hydrogens is 265 g/mol. The summed E-state index contributed by atoms with van der Waals surface area (Å²) in [7, 11) is 0. The Labute approximate surface area is 120 Å². The maximum atomic E-state index is 6.02. The number of hydrogen-bond donors (Lipinski definition) is 1. The lowest BCUT2D eigenvalue weighted by molar-refractivity contribution is 0.167. The number of benzene rings is 1. The molecular formula is C15H21Cl2N. The van der Waals surface area contributed by atoms with Crippen molar-refractivity contribution in [2.45, 2.75) is 52.1 Å². The summed E-state index contributed by atoms with van der Waals surface area (Å²) in [5.74, 6) is 0. The van der Waals surface area contributed by atoms with Gasteiger partial charge in [0.2, 0.25) is 0 Å². The maximum absolute atomic E-state index is 6.02. The van der Waals surface area contributed by atoms with Crippen LogP contribution in [0.3, 0.4) is 0 Å². The first-order chi connectivity index (χ1) is 8.47. The summed E-state index contributed by atoms with van der Waals surface area (Å²) >= 11 is 12.0. The van der Waals surface area contributed by atoms with Gasteiger partial charge in [0.05, 0.1) is 0 Å². The molecule has 1 unspecified atom stereocenters. The van der Waals surface area contributed by atoms with Crippen molar-refractivity contribution in [3.63, 3.8) is 0 Å². The van der Waals surface area contributed by atoms with E-state index in [1.165, 1.54) is 25.7 Å². The molecule has 0 radical (unpaired) electrons. The second-order valence-electron chi connectivity index (χ2n) is 5.95. The van der Waals surface area contributed by atoms with Crippen molar-refractivity contribution in [3.8, 4) is 0 Å². The van der Waals surface area contributed by atoms with Gasteiger partial charge in [-0.3, -0.25) is 0 Å². The molecule has 1 fully saturated rings. The maximum Gasteiger partial charge on any atom is 0.0424 e. The lowest BCUT2D eigenvalue weighted by atomic mass is 9.73. The third-order valence-corrected chi connectivity index (χ3v) is 4.42. The van der Waals surface area contributed by atoms with Crippen LogP contribution in [0.4, 0.5) is 0 Å². The Bertz CT molecular complexity index is 395. The molecule has 1 nitrogen and oxygen atoms in total. The highest BCUT2D eigenvalue weighted by atomic mass is 35.5. The second kappa shape index (κ2) is 5.81. The Hall–Kier alpha value is -0.240. The average Bonchev–Trinajstić information content (AvgIpc) is 2.25. The Balaban J connectivity index is 1.98. The summed E-state index contributed by atoms with van der Waals surface area (Å²) in [6, 6.07) is 6.33. The van der Waals surface area contributed by atoms with Crippen LogP contribution in [0.15, 0.2) is 18.2 Å². The van der Waals surface area contributed by atoms with Gasteiger partial charge in [0.1, 0.15) is 0 Å². The summed E-state index contributed by atoms with van der Waals surface area (Å²) in [5, 5.41) is 5.09. The van der Waals surface area contributed by atoms with Crippen molar-refractivity contribution < 1.29 is 0 Å². The van der Waals surface area contributed by atoms with Crippen LogP contribution in [-0.2, 0) is 6.54 Å². The Morgan fingerprint density at radius 3 is 2.44 bits per heavy atom. The highest BCUT2D eigenvalue weighted by Gasteiger charge is 2.31. The molecule has 1 saturated carbocycles. The zero-order valence-corrected chi connectivity index (χ0v) is 12.6. The predicted octanol–water partition coefficient (Wildman–Crippen LogP) is 5.05. The Morgan fingerprint density at radius 1 is 1.17 bits per heavy atom. The fourth-order valence-electron chi connectivity index (χ4n) is 2.83. The number of rotatable bonds is 3. The molecule has 0 amide bonds. The van der Waals surface area contributed by atoms with Gasteiger partial charge in [0.15, 0.2) is 0 Å². The molecule has 0 aromatic heterocycles. The van der Waals surface area contributed by atoms with Gasteiger partial charge >= 0.3 is 0 Å². The van der Waals surface area contributed by atoms with Crippen LogP contribution in [0, 0.1) is 5.41 Å². The molecule has 3 heteroatoms. The van der Waals surface area contributed by atoms with Crippen LogP contribution >= 0.6 is 23.2 Å². The zero-order valence-electron chi connectivity index (χ0n) is 11.1. The first kappa shape index (κ1) is 14.2. The van der Waals surface area contributed by atoms with Crippen molar-refractivity contribution >= 4 is 23.2 Å². The minimum absolute atomic E-state index is 0.390. The van der Waals surface area contributed by atoms with Gasteiger partial charge in [0, 0.05) is 22.6 Å². The number of halogens is 2. The summed E-state index contributed by atoms with van der Waals surface area (Å²) in [6.45, 7) is 5.55. The van der Waals surface area contributed by atoms with Crippen LogP contribution in [0.5, 0.6) is 0 Å². The molecule has 1 aromatic rings. The molecule has 0 saturated heterocycles. The second-order valence-corrected chi connectivity index (χ2v) is 6.82. The van der Waals surface area contributed by atoms with Gasteiger partial charge in [-0.25, -0.2) is 0 Å². The summed E-state index contributed by atoms with van der Waals surface area (Å²) < 4.78 is 0. The lowest BCUT2D eigenvalue weighted by Gasteiger charge is -2.39. The van der Waals surface area contributed by atoms with Crippen molar-refractivity contribution in [1.82, 2.24) is 5.32 Å². The van der Waals surface area contributed by atoms with Gasteiger partial charge in [-0.15, -0.1) is 0 Å². The molecule has 0 heterocycles. The van der Waals surface area contributed by atoms with Crippen LogP contribution in [-0.4, -0.2) is 6.04 Å². The smallest absolute Gasteiger partial charge is 0.0424 e. The first-order valence-corrected chi connectivity index (χ1v) is 7.41. The molecule has 2 rings (SSSR count). The van der Waals surface area contributed by atoms with Gasteiger partial charge in [0.25, 0.3) is 0 Å². The minimum atomic E-state index is 0.390. The molecule has 0 aliphatic heterocycles. The topological polar surface area (TPSA) is 12.0 Å². The van der Waals surface area contributed by atoms with Crippen molar-refractivity contribution in [2.75, 3.05) is 0 Å². The monoisotopic (exact) mass is 285 g/mol. The quantitative estimate of drug-likeness (QED) is 0.819. The van der Waals surface area contributed by atoms with Gasteiger partial charge in [-0.2, -0.15) is 0 Å². The molecule has 1 aromatic carbocycles. The van der Waals surface area contributed by atoms with E-state index in [-0.39, 0.29) is 0 Å². The SMILES string of the molecule is CC1(C)CCCCC1NCc1cc(Cl)cc(Cl)c1. The summed E-state index contributed by atoms with van der Waals surface area (Å²) in [6.07, 6.45) is 5.26. The molecule has 18 heavy (non-hydrogen) atoms.